The van der Waals surface area contributed by atoms with Gasteiger partial charge < -0.3 is 10.6 Å². The monoisotopic (exact) mass is 283 g/mol. The number of nitrogens with one attached hydrogen (secondary N) is 2. The molecule has 3 rings (SSSR count). The van der Waals surface area contributed by atoms with Crippen molar-refractivity contribution in [1.29, 1.82) is 0 Å². The van der Waals surface area contributed by atoms with E-state index in [-0.39, 0.29) is 6.04 Å². The molecule has 102 valence electrons. The predicted molar refractivity (Wildman–Crippen MR) is 84.4 cm³/mol. The van der Waals surface area contributed by atoms with E-state index in [4.69, 9.17) is 12.2 Å². The summed E-state index contributed by atoms with van der Waals surface area (Å²) in [5, 5.41) is 7.46. The molecule has 1 aliphatic carbocycles. The smallest absolute Gasteiger partial charge is 0.167 e. The minimum absolute atomic E-state index is 0.0537. The first-order valence-corrected chi connectivity index (χ1v) is 7.25. The quantitative estimate of drug-likeness (QED) is 0.846. The molecule has 0 spiro atoms. The van der Waals surface area contributed by atoms with Crippen LogP contribution in [0.25, 0.3) is 0 Å². The summed E-state index contributed by atoms with van der Waals surface area (Å²) in [7, 11) is 0. The maximum Gasteiger partial charge on any atom is 0.167 e. The van der Waals surface area contributed by atoms with Crippen molar-refractivity contribution < 1.29 is 0 Å². The number of aromatic nitrogens is 1. The Labute approximate surface area is 124 Å². The van der Waals surface area contributed by atoms with Crippen molar-refractivity contribution in [3.63, 3.8) is 0 Å². The Morgan fingerprint density at radius 1 is 1.05 bits per heavy atom. The lowest BCUT2D eigenvalue weighted by atomic mass is 10.00. The Hall–Kier alpha value is -1.94. The van der Waals surface area contributed by atoms with E-state index in [9.17, 15) is 0 Å². The molecular formula is C16H17N3S. The number of benzene rings is 1. The first-order chi connectivity index (χ1) is 9.83. The molecule has 1 atom stereocenters. The van der Waals surface area contributed by atoms with E-state index in [1.165, 1.54) is 18.4 Å². The number of hydrogen-bond donors (Lipinski definition) is 2. The second-order valence-corrected chi connectivity index (χ2v) is 5.42. The van der Waals surface area contributed by atoms with E-state index in [2.05, 4.69) is 27.8 Å². The summed E-state index contributed by atoms with van der Waals surface area (Å²) in [5.74, 6) is 0. The highest BCUT2D eigenvalue weighted by Gasteiger charge is 2.23. The fourth-order valence-corrected chi connectivity index (χ4v) is 2.43. The SMILES string of the molecule is S=C(NC1CC1)N[C@H](c1ccccc1)c1ccncc1. The minimum Gasteiger partial charge on any atom is -0.360 e. The lowest BCUT2D eigenvalue weighted by molar-refractivity contribution is 0.733. The second kappa shape index (κ2) is 6.01. The molecule has 0 amide bonds. The van der Waals surface area contributed by atoms with Crippen LogP contribution in [0.15, 0.2) is 54.9 Å². The maximum atomic E-state index is 5.41. The molecule has 0 bridgehead atoms. The number of nitrogens with zero attached hydrogens (tertiary/aromatic N) is 1. The normalized spacial score (nSPS) is 15.4. The van der Waals surface area contributed by atoms with Crippen LogP contribution in [0.3, 0.4) is 0 Å². The number of pyridine rings is 1. The van der Waals surface area contributed by atoms with Crippen molar-refractivity contribution in [3.05, 3.63) is 66.0 Å². The fourth-order valence-electron chi connectivity index (χ4n) is 2.15. The Morgan fingerprint density at radius 2 is 1.70 bits per heavy atom. The van der Waals surface area contributed by atoms with Crippen LogP contribution in [0.5, 0.6) is 0 Å². The van der Waals surface area contributed by atoms with Crippen molar-refractivity contribution in [3.8, 4) is 0 Å². The first kappa shape index (κ1) is 13.1. The molecular weight excluding hydrogens is 266 g/mol. The van der Waals surface area contributed by atoms with Crippen LogP contribution in [0.1, 0.15) is 30.0 Å². The van der Waals surface area contributed by atoms with Gasteiger partial charge in [0, 0.05) is 18.4 Å². The third kappa shape index (κ3) is 3.33. The van der Waals surface area contributed by atoms with Crippen molar-refractivity contribution in [2.45, 2.75) is 24.9 Å². The zero-order valence-electron chi connectivity index (χ0n) is 11.1. The van der Waals surface area contributed by atoms with Gasteiger partial charge in [-0.3, -0.25) is 4.98 Å². The number of hydrogen-bond acceptors (Lipinski definition) is 2. The van der Waals surface area contributed by atoms with Gasteiger partial charge in [-0.1, -0.05) is 30.3 Å². The summed E-state index contributed by atoms with van der Waals surface area (Å²) < 4.78 is 0. The molecule has 3 nitrogen and oxygen atoms in total. The van der Waals surface area contributed by atoms with Gasteiger partial charge in [-0.05, 0) is 48.3 Å². The molecule has 0 aliphatic heterocycles. The van der Waals surface area contributed by atoms with E-state index in [0.717, 1.165) is 10.7 Å². The molecule has 4 heteroatoms. The molecule has 1 aromatic heterocycles. The van der Waals surface area contributed by atoms with Gasteiger partial charge in [0.05, 0.1) is 6.04 Å². The van der Waals surface area contributed by atoms with Crippen molar-refractivity contribution in [2.24, 2.45) is 0 Å². The molecule has 0 saturated heterocycles. The predicted octanol–water partition coefficient (Wildman–Crippen LogP) is 2.80. The van der Waals surface area contributed by atoms with Crippen molar-refractivity contribution in [1.82, 2.24) is 15.6 Å². The number of thiocarbonyl (C=S) groups is 1. The first-order valence-electron chi connectivity index (χ1n) is 6.85. The molecule has 1 aromatic carbocycles. The standard InChI is InChI=1S/C16H17N3S/c20-16(18-14-6-7-14)19-15(12-4-2-1-3-5-12)13-8-10-17-11-9-13/h1-5,8-11,14-15H,6-7H2,(H2,18,19,20)/t15-/m1/s1. The molecule has 1 heterocycles. The summed E-state index contributed by atoms with van der Waals surface area (Å²) in [6.07, 6.45) is 6.05. The summed E-state index contributed by atoms with van der Waals surface area (Å²) in [4.78, 5) is 4.08. The molecule has 0 radical (unpaired) electrons. The van der Waals surface area contributed by atoms with E-state index >= 15 is 0 Å². The minimum atomic E-state index is 0.0537. The average Bonchev–Trinajstić information content (AvgIpc) is 3.30. The lowest BCUT2D eigenvalue weighted by Gasteiger charge is -2.21. The molecule has 1 aliphatic rings. The van der Waals surface area contributed by atoms with Gasteiger partial charge in [0.1, 0.15) is 0 Å². The summed E-state index contributed by atoms with van der Waals surface area (Å²) in [6.45, 7) is 0. The molecule has 0 unspecified atom stereocenters. The maximum absolute atomic E-state index is 5.41. The van der Waals surface area contributed by atoms with Gasteiger partial charge in [-0.15, -0.1) is 0 Å². The van der Waals surface area contributed by atoms with Crippen LogP contribution < -0.4 is 10.6 Å². The molecule has 2 N–H and O–H groups in total. The van der Waals surface area contributed by atoms with Gasteiger partial charge in [0.25, 0.3) is 0 Å². The van der Waals surface area contributed by atoms with Crippen LogP contribution in [0.2, 0.25) is 0 Å². The Kier molecular flexibility index (Phi) is 3.92. The summed E-state index contributed by atoms with van der Waals surface area (Å²) in [6, 6.07) is 15.0. The van der Waals surface area contributed by atoms with Crippen molar-refractivity contribution >= 4 is 17.3 Å². The van der Waals surface area contributed by atoms with E-state index < -0.39 is 0 Å². The lowest BCUT2D eigenvalue weighted by Crippen LogP contribution is -2.39. The van der Waals surface area contributed by atoms with E-state index in [1.807, 2.05) is 42.7 Å². The highest BCUT2D eigenvalue weighted by atomic mass is 32.1. The zero-order valence-corrected chi connectivity index (χ0v) is 11.9. The largest absolute Gasteiger partial charge is 0.360 e. The Morgan fingerprint density at radius 3 is 2.35 bits per heavy atom. The molecule has 1 fully saturated rings. The summed E-state index contributed by atoms with van der Waals surface area (Å²) in [5.41, 5.74) is 2.35. The second-order valence-electron chi connectivity index (χ2n) is 5.02. The summed E-state index contributed by atoms with van der Waals surface area (Å²) >= 11 is 5.41. The van der Waals surface area contributed by atoms with Crippen LogP contribution in [0.4, 0.5) is 0 Å². The van der Waals surface area contributed by atoms with Crippen LogP contribution in [-0.4, -0.2) is 16.1 Å². The third-order valence-corrected chi connectivity index (χ3v) is 3.60. The van der Waals surface area contributed by atoms with Crippen LogP contribution in [0, 0.1) is 0 Å². The van der Waals surface area contributed by atoms with Gasteiger partial charge in [-0.25, -0.2) is 0 Å². The third-order valence-electron chi connectivity index (χ3n) is 3.36. The Balaban J connectivity index is 1.81. The highest BCUT2D eigenvalue weighted by Crippen LogP contribution is 2.22. The average molecular weight is 283 g/mol. The highest BCUT2D eigenvalue weighted by molar-refractivity contribution is 7.80. The van der Waals surface area contributed by atoms with E-state index in [0.29, 0.717) is 6.04 Å². The van der Waals surface area contributed by atoms with Crippen LogP contribution >= 0.6 is 12.2 Å². The topological polar surface area (TPSA) is 37.0 Å². The fraction of sp³-hybridized carbons (Fsp3) is 0.250. The van der Waals surface area contributed by atoms with Gasteiger partial charge in [0.15, 0.2) is 5.11 Å². The van der Waals surface area contributed by atoms with Crippen LogP contribution in [-0.2, 0) is 0 Å². The van der Waals surface area contributed by atoms with Gasteiger partial charge in [-0.2, -0.15) is 0 Å². The van der Waals surface area contributed by atoms with Gasteiger partial charge in [0.2, 0.25) is 0 Å². The zero-order chi connectivity index (χ0) is 13.8. The van der Waals surface area contributed by atoms with Gasteiger partial charge >= 0.3 is 0 Å². The molecule has 2 aromatic rings. The Bertz CT molecular complexity index is 527. The number of rotatable bonds is 4. The molecule has 1 saturated carbocycles. The van der Waals surface area contributed by atoms with Crippen molar-refractivity contribution in [2.75, 3.05) is 0 Å². The van der Waals surface area contributed by atoms with E-state index in [1.54, 1.807) is 0 Å². The molecule has 20 heavy (non-hydrogen) atoms.